The summed E-state index contributed by atoms with van der Waals surface area (Å²) >= 11 is 0. The molecule has 0 fully saturated rings. The average molecular weight is 286 g/mol. The van der Waals surface area contributed by atoms with Gasteiger partial charge in [0.1, 0.15) is 12.4 Å². The Morgan fingerprint density at radius 2 is 2.00 bits per heavy atom. The highest BCUT2D eigenvalue weighted by atomic mass is 19.1. The van der Waals surface area contributed by atoms with Crippen LogP contribution >= 0.6 is 0 Å². The molecule has 0 aliphatic heterocycles. The summed E-state index contributed by atoms with van der Waals surface area (Å²) in [4.78, 5) is 0. The van der Waals surface area contributed by atoms with E-state index in [9.17, 15) is 4.39 Å². The molecule has 0 aliphatic rings. The maximum Gasteiger partial charge on any atom is 0.161 e. The van der Waals surface area contributed by atoms with Crippen LogP contribution in [0, 0.1) is 17.1 Å². The summed E-state index contributed by atoms with van der Waals surface area (Å²) in [6, 6.07) is 11.5. The maximum atomic E-state index is 13.7. The number of ether oxygens (including phenoxy) is 2. The quantitative estimate of drug-likeness (QED) is 0.917. The number of rotatable bonds is 5. The Balaban J connectivity index is 2.21. The van der Waals surface area contributed by atoms with E-state index in [-0.39, 0.29) is 6.61 Å². The SMILES string of the molecule is COc1ccc(CN)cc1OCc1cc(C#N)ccc1F. The molecule has 0 aliphatic carbocycles. The van der Waals surface area contributed by atoms with Crippen molar-refractivity contribution in [3.05, 3.63) is 58.9 Å². The lowest BCUT2D eigenvalue weighted by Gasteiger charge is -2.12. The van der Waals surface area contributed by atoms with E-state index in [1.807, 2.05) is 12.1 Å². The minimum absolute atomic E-state index is 0.00569. The van der Waals surface area contributed by atoms with Crippen molar-refractivity contribution in [2.24, 2.45) is 5.73 Å². The minimum Gasteiger partial charge on any atom is -0.493 e. The Morgan fingerprint density at radius 3 is 2.67 bits per heavy atom. The van der Waals surface area contributed by atoms with Gasteiger partial charge in [0.15, 0.2) is 11.5 Å². The second-order valence-electron chi connectivity index (χ2n) is 4.40. The van der Waals surface area contributed by atoms with Gasteiger partial charge in [0, 0.05) is 12.1 Å². The van der Waals surface area contributed by atoms with Crippen molar-refractivity contribution < 1.29 is 13.9 Å². The Labute approximate surface area is 122 Å². The summed E-state index contributed by atoms with van der Waals surface area (Å²) in [6.45, 7) is 0.379. The van der Waals surface area contributed by atoms with Gasteiger partial charge in [-0.15, -0.1) is 0 Å². The predicted molar refractivity (Wildman–Crippen MR) is 76.3 cm³/mol. The van der Waals surface area contributed by atoms with Gasteiger partial charge >= 0.3 is 0 Å². The molecular formula is C16H15FN2O2. The molecule has 5 heteroatoms. The van der Waals surface area contributed by atoms with Crippen LogP contribution in [0.1, 0.15) is 16.7 Å². The Morgan fingerprint density at radius 1 is 1.19 bits per heavy atom. The van der Waals surface area contributed by atoms with Gasteiger partial charge in [-0.2, -0.15) is 5.26 Å². The molecule has 2 rings (SSSR count). The largest absolute Gasteiger partial charge is 0.493 e. The van der Waals surface area contributed by atoms with Gasteiger partial charge < -0.3 is 15.2 Å². The Bertz CT molecular complexity index is 680. The van der Waals surface area contributed by atoms with E-state index in [4.69, 9.17) is 20.5 Å². The van der Waals surface area contributed by atoms with Crippen LogP contribution in [0.15, 0.2) is 36.4 Å². The molecule has 4 nitrogen and oxygen atoms in total. The first-order valence-electron chi connectivity index (χ1n) is 6.36. The van der Waals surface area contributed by atoms with Gasteiger partial charge in [0.2, 0.25) is 0 Å². The summed E-state index contributed by atoms with van der Waals surface area (Å²) in [5.41, 5.74) is 7.17. The highest BCUT2D eigenvalue weighted by Gasteiger charge is 2.09. The van der Waals surface area contributed by atoms with Crippen LogP contribution in [0.5, 0.6) is 11.5 Å². The second-order valence-corrected chi connectivity index (χ2v) is 4.40. The zero-order valence-electron chi connectivity index (χ0n) is 11.6. The molecule has 0 aromatic heterocycles. The topological polar surface area (TPSA) is 68.3 Å². The highest BCUT2D eigenvalue weighted by Crippen LogP contribution is 2.29. The van der Waals surface area contributed by atoms with Crippen LogP contribution in [0.2, 0.25) is 0 Å². The third kappa shape index (κ3) is 3.50. The van der Waals surface area contributed by atoms with Crippen LogP contribution < -0.4 is 15.2 Å². The van der Waals surface area contributed by atoms with E-state index in [2.05, 4.69) is 0 Å². The van der Waals surface area contributed by atoms with Crippen molar-refractivity contribution in [1.82, 2.24) is 0 Å². The van der Waals surface area contributed by atoms with E-state index in [0.29, 0.717) is 29.2 Å². The van der Waals surface area contributed by atoms with Crippen molar-refractivity contribution in [2.45, 2.75) is 13.2 Å². The molecule has 0 spiro atoms. The zero-order valence-corrected chi connectivity index (χ0v) is 11.6. The monoisotopic (exact) mass is 286 g/mol. The number of nitrogens with two attached hydrogens (primary N) is 1. The first-order chi connectivity index (χ1) is 10.2. The van der Waals surface area contributed by atoms with Crippen LogP contribution in [0.25, 0.3) is 0 Å². The number of nitriles is 1. The minimum atomic E-state index is -0.414. The third-order valence-electron chi connectivity index (χ3n) is 3.02. The Kier molecular flexibility index (Phi) is 4.75. The number of halogens is 1. The lowest BCUT2D eigenvalue weighted by atomic mass is 10.1. The number of hydrogen-bond acceptors (Lipinski definition) is 4. The summed E-state index contributed by atoms with van der Waals surface area (Å²) in [5, 5.41) is 8.84. The van der Waals surface area contributed by atoms with Crippen molar-refractivity contribution >= 4 is 0 Å². The molecule has 0 heterocycles. The van der Waals surface area contributed by atoms with Gasteiger partial charge in [-0.05, 0) is 35.9 Å². The van der Waals surface area contributed by atoms with Crippen LogP contribution in [-0.4, -0.2) is 7.11 Å². The van der Waals surface area contributed by atoms with Crippen molar-refractivity contribution in [3.63, 3.8) is 0 Å². The normalized spacial score (nSPS) is 10.0. The van der Waals surface area contributed by atoms with E-state index in [1.165, 1.54) is 25.3 Å². The molecule has 108 valence electrons. The average Bonchev–Trinajstić information content (AvgIpc) is 2.53. The van der Waals surface area contributed by atoms with Crippen LogP contribution in [0.3, 0.4) is 0 Å². The molecule has 2 N–H and O–H groups in total. The standard InChI is InChI=1S/C16H15FN2O2/c1-20-15-5-3-12(9-19)7-16(15)21-10-13-6-11(8-18)2-4-14(13)17/h2-7H,9-10,19H2,1H3. The van der Waals surface area contributed by atoms with Crippen molar-refractivity contribution in [3.8, 4) is 17.6 Å². The molecule has 0 unspecified atom stereocenters. The summed E-state index contributed by atoms with van der Waals surface area (Å²) in [7, 11) is 1.53. The van der Waals surface area contributed by atoms with E-state index in [0.717, 1.165) is 5.56 Å². The molecule has 0 saturated heterocycles. The molecule has 0 amide bonds. The number of benzene rings is 2. The van der Waals surface area contributed by atoms with E-state index in [1.54, 1.807) is 12.1 Å². The molecule has 21 heavy (non-hydrogen) atoms. The molecular weight excluding hydrogens is 271 g/mol. The van der Waals surface area contributed by atoms with E-state index < -0.39 is 5.82 Å². The Hall–Kier alpha value is -2.58. The van der Waals surface area contributed by atoms with E-state index >= 15 is 0 Å². The molecule has 2 aromatic carbocycles. The van der Waals surface area contributed by atoms with Gasteiger partial charge in [0.05, 0.1) is 18.7 Å². The highest BCUT2D eigenvalue weighted by molar-refractivity contribution is 5.43. The first kappa shape index (κ1) is 14.8. The van der Waals surface area contributed by atoms with Crippen molar-refractivity contribution in [1.29, 1.82) is 5.26 Å². The fraction of sp³-hybridized carbons (Fsp3) is 0.188. The molecule has 0 saturated carbocycles. The zero-order chi connectivity index (χ0) is 15.2. The molecule has 0 bridgehead atoms. The predicted octanol–water partition coefficient (Wildman–Crippen LogP) is 2.74. The van der Waals surface area contributed by atoms with Gasteiger partial charge in [-0.25, -0.2) is 4.39 Å². The molecule has 2 aromatic rings. The summed E-state index contributed by atoms with van der Waals surface area (Å²) in [6.07, 6.45) is 0. The fourth-order valence-electron chi connectivity index (χ4n) is 1.87. The number of hydrogen-bond donors (Lipinski definition) is 1. The van der Waals surface area contributed by atoms with Crippen LogP contribution in [-0.2, 0) is 13.2 Å². The summed E-state index contributed by atoms with van der Waals surface area (Å²) in [5.74, 6) is 0.620. The van der Waals surface area contributed by atoms with Crippen LogP contribution in [0.4, 0.5) is 4.39 Å². The van der Waals surface area contributed by atoms with Crippen molar-refractivity contribution in [2.75, 3.05) is 7.11 Å². The number of methoxy groups -OCH3 is 1. The maximum absolute atomic E-state index is 13.7. The van der Waals surface area contributed by atoms with Gasteiger partial charge in [0.25, 0.3) is 0 Å². The first-order valence-corrected chi connectivity index (χ1v) is 6.36. The van der Waals surface area contributed by atoms with Gasteiger partial charge in [-0.1, -0.05) is 6.07 Å². The smallest absolute Gasteiger partial charge is 0.161 e. The number of nitrogens with zero attached hydrogens (tertiary/aromatic N) is 1. The van der Waals surface area contributed by atoms with Gasteiger partial charge in [-0.3, -0.25) is 0 Å². The summed E-state index contributed by atoms with van der Waals surface area (Å²) < 4.78 is 24.5. The second kappa shape index (κ2) is 6.73. The lowest BCUT2D eigenvalue weighted by Crippen LogP contribution is -2.02. The molecule has 0 atom stereocenters. The lowest BCUT2D eigenvalue weighted by molar-refractivity contribution is 0.279. The third-order valence-corrected chi connectivity index (χ3v) is 3.02. The fourth-order valence-corrected chi connectivity index (χ4v) is 1.87. The molecule has 0 radical (unpaired) electrons.